The van der Waals surface area contributed by atoms with Gasteiger partial charge in [0.05, 0.1) is 6.54 Å². The van der Waals surface area contributed by atoms with Crippen molar-refractivity contribution >= 4 is 6.47 Å². The fourth-order valence-electron chi connectivity index (χ4n) is 4.62. The molecule has 1 atom stereocenters. The molecule has 0 aliphatic carbocycles. The van der Waals surface area contributed by atoms with Crippen LogP contribution in [-0.4, -0.2) is 50.4 Å². The van der Waals surface area contributed by atoms with Gasteiger partial charge in [0.15, 0.2) is 5.76 Å². The summed E-state index contributed by atoms with van der Waals surface area (Å²) in [5, 5.41) is 14.0. The lowest BCUT2D eigenvalue weighted by molar-refractivity contribution is -0.135. The lowest BCUT2D eigenvalue weighted by Crippen LogP contribution is -2.36. The monoisotopic (exact) mass is 510 g/mol. The van der Waals surface area contributed by atoms with Crippen molar-refractivity contribution in [2.24, 2.45) is 0 Å². The summed E-state index contributed by atoms with van der Waals surface area (Å²) in [6, 6.07) is 18.1. The molecule has 1 fully saturated rings. The first-order valence-electron chi connectivity index (χ1n) is 12.7. The number of aliphatic hydroxyl groups excluding tert-OH is 1. The molecular formula is C30H30N4O4. The standard InChI is InChI=1S/C30H30N4O4/c1-22(36)30-31-14-17-34(30)20-27-18-29(38-32-27)26-10-8-24(9-11-26)3-2-23-4-6-25(7-5-23)19-33-15-12-28(13-16-33)37-21-35/h4-11,14,17-18,21-22,28,36H,12-13,15-16,19-20H2,1H3/t22-/m0/s1. The minimum atomic E-state index is -0.651. The van der Waals surface area contributed by atoms with Crippen LogP contribution in [0.2, 0.25) is 0 Å². The fourth-order valence-corrected chi connectivity index (χ4v) is 4.62. The van der Waals surface area contributed by atoms with Gasteiger partial charge in [-0.2, -0.15) is 0 Å². The second-order valence-electron chi connectivity index (χ2n) is 9.50. The van der Waals surface area contributed by atoms with E-state index in [4.69, 9.17) is 9.26 Å². The summed E-state index contributed by atoms with van der Waals surface area (Å²) in [6.07, 6.45) is 4.65. The topological polar surface area (TPSA) is 93.6 Å². The van der Waals surface area contributed by atoms with Gasteiger partial charge < -0.3 is 18.9 Å². The largest absolute Gasteiger partial charge is 0.464 e. The quantitative estimate of drug-likeness (QED) is 0.281. The highest BCUT2D eigenvalue weighted by molar-refractivity contribution is 5.59. The molecule has 0 amide bonds. The van der Waals surface area contributed by atoms with Crippen LogP contribution in [0.15, 0.2) is 71.5 Å². The Bertz CT molecular complexity index is 1400. The zero-order valence-corrected chi connectivity index (χ0v) is 21.3. The minimum absolute atomic E-state index is 0.0569. The number of aliphatic hydroxyl groups is 1. The molecule has 1 aliphatic rings. The van der Waals surface area contributed by atoms with Gasteiger partial charge >= 0.3 is 0 Å². The summed E-state index contributed by atoms with van der Waals surface area (Å²) < 4.78 is 12.5. The molecule has 2 aromatic carbocycles. The predicted octanol–water partition coefficient (Wildman–Crippen LogP) is 4.18. The number of carbonyl (C=O) groups excluding carboxylic acids is 1. The van der Waals surface area contributed by atoms with E-state index in [1.54, 1.807) is 13.1 Å². The van der Waals surface area contributed by atoms with E-state index < -0.39 is 6.10 Å². The molecule has 4 aromatic rings. The van der Waals surface area contributed by atoms with E-state index in [0.717, 1.165) is 54.9 Å². The van der Waals surface area contributed by atoms with Gasteiger partial charge in [0.25, 0.3) is 6.47 Å². The Hall–Kier alpha value is -4.19. The lowest BCUT2D eigenvalue weighted by atomic mass is 10.1. The number of likely N-dealkylation sites (tertiary alicyclic amines) is 1. The number of piperidine rings is 1. The van der Waals surface area contributed by atoms with Crippen molar-refractivity contribution in [1.29, 1.82) is 0 Å². The van der Waals surface area contributed by atoms with Gasteiger partial charge in [-0.15, -0.1) is 0 Å². The normalized spacial score (nSPS) is 15.0. The van der Waals surface area contributed by atoms with Crippen molar-refractivity contribution in [2.45, 2.75) is 45.1 Å². The third kappa shape index (κ3) is 6.38. The second-order valence-corrected chi connectivity index (χ2v) is 9.50. The summed E-state index contributed by atoms with van der Waals surface area (Å²) in [5.74, 6) is 7.73. The van der Waals surface area contributed by atoms with Gasteiger partial charge in [0.1, 0.15) is 23.7 Å². The number of hydrogen-bond donors (Lipinski definition) is 1. The molecule has 0 saturated carbocycles. The summed E-state index contributed by atoms with van der Waals surface area (Å²) in [4.78, 5) is 17.1. The molecule has 8 heteroatoms. The van der Waals surface area contributed by atoms with Gasteiger partial charge in [0.2, 0.25) is 0 Å². The van der Waals surface area contributed by atoms with Gasteiger partial charge in [-0.05, 0) is 61.7 Å². The first-order valence-corrected chi connectivity index (χ1v) is 12.7. The van der Waals surface area contributed by atoms with Crippen molar-refractivity contribution < 1.29 is 19.2 Å². The number of ether oxygens (including phenoxy) is 1. The van der Waals surface area contributed by atoms with E-state index in [1.807, 2.05) is 41.1 Å². The van der Waals surface area contributed by atoms with E-state index >= 15 is 0 Å². The maximum Gasteiger partial charge on any atom is 0.293 e. The Morgan fingerprint density at radius 1 is 1.08 bits per heavy atom. The lowest BCUT2D eigenvalue weighted by Gasteiger charge is -2.30. The number of aromatic nitrogens is 3. The Morgan fingerprint density at radius 3 is 2.42 bits per heavy atom. The van der Waals surface area contributed by atoms with E-state index in [0.29, 0.717) is 24.6 Å². The number of imidazole rings is 1. The van der Waals surface area contributed by atoms with Crippen molar-refractivity contribution in [3.63, 3.8) is 0 Å². The molecule has 38 heavy (non-hydrogen) atoms. The van der Waals surface area contributed by atoms with Crippen LogP contribution in [0.5, 0.6) is 0 Å². The highest BCUT2D eigenvalue weighted by atomic mass is 16.5. The molecule has 0 unspecified atom stereocenters. The number of carbonyl (C=O) groups is 1. The zero-order chi connectivity index (χ0) is 26.3. The van der Waals surface area contributed by atoms with E-state index in [9.17, 15) is 9.90 Å². The van der Waals surface area contributed by atoms with Gasteiger partial charge in [-0.25, -0.2) is 4.98 Å². The smallest absolute Gasteiger partial charge is 0.293 e. The number of hydrogen-bond acceptors (Lipinski definition) is 7. The molecule has 8 nitrogen and oxygen atoms in total. The van der Waals surface area contributed by atoms with Crippen molar-refractivity contribution in [3.8, 4) is 23.2 Å². The molecule has 1 aliphatic heterocycles. The molecule has 5 rings (SSSR count). The molecule has 2 aromatic heterocycles. The SMILES string of the molecule is C[C@H](O)c1nccn1Cc1cc(-c2ccc(C#Cc3ccc(CN4CCC(OC=O)CC4)cc3)cc2)on1. The fraction of sp³-hybridized carbons (Fsp3) is 0.300. The second kappa shape index (κ2) is 11.9. The minimum Gasteiger partial charge on any atom is -0.464 e. The van der Waals surface area contributed by atoms with Crippen LogP contribution in [0.1, 0.15) is 54.1 Å². The molecule has 3 heterocycles. The van der Waals surface area contributed by atoms with Crippen molar-refractivity contribution in [1.82, 2.24) is 19.6 Å². The average Bonchev–Trinajstić information content (AvgIpc) is 3.60. The van der Waals surface area contributed by atoms with Gasteiger partial charge in [0, 0.05) is 54.8 Å². The van der Waals surface area contributed by atoms with Crippen LogP contribution in [0, 0.1) is 11.8 Å². The summed E-state index contributed by atoms with van der Waals surface area (Å²) >= 11 is 0. The molecule has 0 radical (unpaired) electrons. The predicted molar refractivity (Wildman–Crippen MR) is 142 cm³/mol. The first kappa shape index (κ1) is 25.5. The maximum absolute atomic E-state index is 10.5. The maximum atomic E-state index is 10.5. The Morgan fingerprint density at radius 2 is 1.76 bits per heavy atom. The third-order valence-corrected chi connectivity index (χ3v) is 6.68. The first-order chi connectivity index (χ1) is 18.6. The average molecular weight is 511 g/mol. The van der Waals surface area contributed by atoms with Gasteiger partial charge in [-0.1, -0.05) is 29.1 Å². The molecule has 0 bridgehead atoms. The summed E-state index contributed by atoms with van der Waals surface area (Å²) in [5.41, 5.74) is 4.80. The highest BCUT2D eigenvalue weighted by Gasteiger charge is 2.19. The third-order valence-electron chi connectivity index (χ3n) is 6.68. The number of rotatable bonds is 8. The number of nitrogens with zero attached hydrogens (tertiary/aromatic N) is 4. The Kier molecular flexibility index (Phi) is 7.98. The molecule has 0 spiro atoms. The number of benzene rings is 2. The highest BCUT2D eigenvalue weighted by Crippen LogP contribution is 2.22. The van der Waals surface area contributed by atoms with Crippen LogP contribution in [-0.2, 0) is 22.6 Å². The molecular weight excluding hydrogens is 480 g/mol. The van der Waals surface area contributed by atoms with Crippen LogP contribution < -0.4 is 0 Å². The molecule has 194 valence electrons. The van der Waals surface area contributed by atoms with Gasteiger partial charge in [-0.3, -0.25) is 9.69 Å². The van der Waals surface area contributed by atoms with E-state index in [1.165, 1.54) is 5.56 Å². The Labute approximate surface area is 221 Å². The van der Waals surface area contributed by atoms with Crippen LogP contribution >= 0.6 is 0 Å². The Balaban J connectivity index is 1.16. The van der Waals surface area contributed by atoms with E-state index in [2.05, 4.69) is 51.1 Å². The molecule has 1 N–H and O–H groups in total. The van der Waals surface area contributed by atoms with Crippen molar-refractivity contribution in [3.05, 3.63) is 95.2 Å². The van der Waals surface area contributed by atoms with E-state index in [-0.39, 0.29) is 6.10 Å². The van der Waals surface area contributed by atoms with Crippen LogP contribution in [0.4, 0.5) is 0 Å². The van der Waals surface area contributed by atoms with Crippen LogP contribution in [0.25, 0.3) is 11.3 Å². The summed E-state index contributed by atoms with van der Waals surface area (Å²) in [6.45, 7) is 5.46. The van der Waals surface area contributed by atoms with Crippen LogP contribution in [0.3, 0.4) is 0 Å². The summed E-state index contributed by atoms with van der Waals surface area (Å²) in [7, 11) is 0. The molecule has 1 saturated heterocycles. The van der Waals surface area contributed by atoms with Crippen molar-refractivity contribution in [2.75, 3.05) is 13.1 Å². The zero-order valence-electron chi connectivity index (χ0n) is 21.3.